The number of aliphatic hydroxyl groups excluding tert-OH is 1. The first-order valence-corrected chi connectivity index (χ1v) is 11.0. The third kappa shape index (κ3) is 12.1. The van der Waals surface area contributed by atoms with Crippen LogP contribution in [-0.4, -0.2) is 50.0 Å². The van der Waals surface area contributed by atoms with Crippen molar-refractivity contribution in [1.82, 2.24) is 0 Å². The van der Waals surface area contributed by atoms with E-state index in [4.69, 9.17) is 0 Å². The molecule has 0 radical (unpaired) electrons. The van der Waals surface area contributed by atoms with Gasteiger partial charge in [-0.2, -0.15) is 0 Å². The van der Waals surface area contributed by atoms with Crippen LogP contribution in [0.1, 0.15) is 22.0 Å². The third-order valence-electron chi connectivity index (χ3n) is 3.04. The summed E-state index contributed by atoms with van der Waals surface area (Å²) in [4.78, 5) is 11.3. The van der Waals surface area contributed by atoms with E-state index in [1.165, 1.54) is 0 Å². The van der Waals surface area contributed by atoms with Gasteiger partial charge in [-0.15, -0.1) is 0 Å². The average molecular weight is 422 g/mol. The Morgan fingerprint density at radius 3 is 1.81 bits per heavy atom. The van der Waals surface area contributed by atoms with Crippen molar-refractivity contribution in [3.8, 4) is 0 Å². The van der Waals surface area contributed by atoms with Gasteiger partial charge >= 0.3 is 29.6 Å². The molecule has 2 aromatic carbocycles. The van der Waals surface area contributed by atoms with E-state index in [-0.39, 0.29) is 35.3 Å². The quantitative estimate of drug-likeness (QED) is 0.330. The van der Waals surface area contributed by atoms with Crippen LogP contribution >= 0.6 is 0 Å². The SMILES string of the molecule is CS(=O)(=O)CC(=O)c1ccccc1.O=S(=O)([O-])CC(O)c1ccccc1.[Na+]. The van der Waals surface area contributed by atoms with E-state index < -0.39 is 37.6 Å². The van der Waals surface area contributed by atoms with Crippen molar-refractivity contribution < 1.29 is 60.8 Å². The molecule has 0 saturated heterocycles. The van der Waals surface area contributed by atoms with E-state index in [1.807, 2.05) is 0 Å². The second-order valence-electron chi connectivity index (χ2n) is 5.51. The van der Waals surface area contributed by atoms with Gasteiger partial charge in [0.2, 0.25) is 0 Å². The zero-order valence-electron chi connectivity index (χ0n) is 15.0. The normalized spacial score (nSPS) is 12.1. The second kappa shape index (κ2) is 11.7. The largest absolute Gasteiger partial charge is 1.00 e. The van der Waals surface area contributed by atoms with E-state index in [1.54, 1.807) is 60.7 Å². The molecule has 10 heteroatoms. The van der Waals surface area contributed by atoms with E-state index in [0.29, 0.717) is 11.1 Å². The van der Waals surface area contributed by atoms with Gasteiger partial charge in [0, 0.05) is 11.8 Å². The van der Waals surface area contributed by atoms with Crippen LogP contribution in [-0.2, 0) is 20.0 Å². The number of hydrogen-bond acceptors (Lipinski definition) is 7. The van der Waals surface area contributed by atoms with E-state index in [2.05, 4.69) is 0 Å². The Morgan fingerprint density at radius 1 is 0.963 bits per heavy atom. The Kier molecular flexibility index (Phi) is 11.2. The molecule has 0 aliphatic carbocycles. The van der Waals surface area contributed by atoms with Crippen molar-refractivity contribution in [2.75, 3.05) is 17.8 Å². The molecule has 0 fully saturated rings. The molecule has 0 heterocycles. The van der Waals surface area contributed by atoms with E-state index in [9.17, 15) is 31.3 Å². The van der Waals surface area contributed by atoms with Crippen LogP contribution in [0.4, 0.5) is 0 Å². The fourth-order valence-corrected chi connectivity index (χ4v) is 3.13. The topological polar surface area (TPSA) is 129 Å². The molecule has 1 atom stereocenters. The number of carbonyl (C=O) groups is 1. The van der Waals surface area contributed by atoms with Crippen LogP contribution in [0.2, 0.25) is 0 Å². The second-order valence-corrected chi connectivity index (χ2v) is 9.10. The van der Waals surface area contributed by atoms with Gasteiger partial charge < -0.3 is 9.66 Å². The van der Waals surface area contributed by atoms with Crippen molar-refractivity contribution in [3.63, 3.8) is 0 Å². The summed E-state index contributed by atoms with van der Waals surface area (Å²) in [6.07, 6.45) is -0.183. The summed E-state index contributed by atoms with van der Waals surface area (Å²) in [6.45, 7) is 0. The minimum absolute atomic E-state index is 0. The molecule has 142 valence electrons. The number of aliphatic hydroxyl groups is 1. The number of ketones is 1. The van der Waals surface area contributed by atoms with Gasteiger partial charge in [0.25, 0.3) is 0 Å². The van der Waals surface area contributed by atoms with E-state index >= 15 is 0 Å². The molecule has 0 aromatic heterocycles. The fourth-order valence-electron chi connectivity index (χ4n) is 1.91. The zero-order valence-corrected chi connectivity index (χ0v) is 18.6. The Bertz CT molecular complexity index is 912. The Balaban J connectivity index is 0.000000483. The van der Waals surface area contributed by atoms with Gasteiger partial charge in [-0.1, -0.05) is 60.7 Å². The fraction of sp³-hybridized carbons (Fsp3) is 0.235. The summed E-state index contributed by atoms with van der Waals surface area (Å²) in [5.41, 5.74) is 0.870. The molecule has 0 saturated carbocycles. The predicted molar refractivity (Wildman–Crippen MR) is 96.4 cm³/mol. The van der Waals surface area contributed by atoms with Crippen LogP contribution in [0.3, 0.4) is 0 Å². The van der Waals surface area contributed by atoms with Crippen LogP contribution in [0.15, 0.2) is 60.7 Å². The third-order valence-corrected chi connectivity index (χ3v) is 4.55. The smallest absolute Gasteiger partial charge is 0.748 e. The van der Waals surface area contributed by atoms with Gasteiger partial charge in [-0.25, -0.2) is 16.8 Å². The maximum atomic E-state index is 11.3. The molecule has 7 nitrogen and oxygen atoms in total. The number of hydrogen-bond donors (Lipinski definition) is 1. The number of rotatable bonds is 6. The number of Topliss-reactive ketones (excluding diaryl/α,β-unsaturated/α-hetero) is 1. The molecule has 0 aliphatic rings. The maximum absolute atomic E-state index is 11.3. The van der Waals surface area contributed by atoms with Gasteiger partial charge in [0.1, 0.15) is 5.75 Å². The molecular weight excluding hydrogens is 403 g/mol. The van der Waals surface area contributed by atoms with Crippen LogP contribution in [0.5, 0.6) is 0 Å². The summed E-state index contributed by atoms with van der Waals surface area (Å²) < 4.78 is 52.5. The summed E-state index contributed by atoms with van der Waals surface area (Å²) in [5, 5.41) is 9.28. The van der Waals surface area contributed by atoms with Crippen LogP contribution in [0.25, 0.3) is 0 Å². The van der Waals surface area contributed by atoms with Crippen molar-refractivity contribution in [2.45, 2.75) is 6.10 Å². The Morgan fingerprint density at radius 2 is 1.41 bits per heavy atom. The van der Waals surface area contributed by atoms with Crippen LogP contribution in [0, 0.1) is 0 Å². The first kappa shape index (κ1) is 25.9. The van der Waals surface area contributed by atoms with Crippen molar-refractivity contribution in [1.29, 1.82) is 0 Å². The van der Waals surface area contributed by atoms with Crippen molar-refractivity contribution in [2.24, 2.45) is 0 Å². The molecule has 0 bridgehead atoms. The van der Waals surface area contributed by atoms with Gasteiger partial charge in [-0.3, -0.25) is 4.79 Å². The molecule has 27 heavy (non-hydrogen) atoms. The van der Waals surface area contributed by atoms with Crippen LogP contribution < -0.4 is 29.6 Å². The van der Waals surface area contributed by atoms with E-state index in [0.717, 1.165) is 6.26 Å². The van der Waals surface area contributed by atoms with Crippen molar-refractivity contribution in [3.05, 3.63) is 71.8 Å². The molecule has 1 N–H and O–H groups in total. The number of benzene rings is 2. The summed E-state index contributed by atoms with van der Waals surface area (Å²) in [7, 11) is -7.59. The first-order valence-electron chi connectivity index (χ1n) is 7.40. The molecule has 0 amide bonds. The monoisotopic (exact) mass is 422 g/mol. The Labute approximate surface area is 181 Å². The zero-order chi connectivity index (χ0) is 19.8. The number of sulfone groups is 1. The summed E-state index contributed by atoms with van der Waals surface area (Å²) in [5.74, 6) is -1.56. The predicted octanol–water partition coefficient (Wildman–Crippen LogP) is -1.82. The standard InChI is InChI=1S/C9H10O3S.C8H10O4S.Na/c1-13(11,12)7-9(10)8-5-3-2-4-6-8;9-8(6-13(10,11)12)7-4-2-1-3-5-7;/h2-6H,7H2,1H3;1-5,8-9H,6H2,(H,10,11,12);/q;;+1/p-1. The molecule has 2 rings (SSSR count). The maximum Gasteiger partial charge on any atom is 1.00 e. The van der Waals surface area contributed by atoms with Gasteiger partial charge in [0.15, 0.2) is 15.6 Å². The molecule has 0 aliphatic heterocycles. The molecule has 0 spiro atoms. The van der Waals surface area contributed by atoms with Gasteiger partial charge in [0.05, 0.1) is 22.0 Å². The summed E-state index contributed by atoms with van der Waals surface area (Å²) in [6, 6.07) is 16.6. The van der Waals surface area contributed by atoms with Gasteiger partial charge in [-0.05, 0) is 5.56 Å². The van der Waals surface area contributed by atoms with Crippen molar-refractivity contribution >= 4 is 25.7 Å². The number of carbonyl (C=O) groups excluding carboxylic acids is 1. The Hall–Kier alpha value is -1.07. The minimum atomic E-state index is -4.37. The minimum Gasteiger partial charge on any atom is -0.748 e. The molecule has 2 aromatic rings. The summed E-state index contributed by atoms with van der Waals surface area (Å²) >= 11 is 0. The molecular formula is C17H19NaO7S2. The average Bonchev–Trinajstić information content (AvgIpc) is 2.54. The molecule has 1 unspecified atom stereocenters. The first-order chi connectivity index (χ1) is 12.0.